The van der Waals surface area contributed by atoms with Crippen LogP contribution in [-0.2, 0) is 27.9 Å². The van der Waals surface area contributed by atoms with Crippen molar-refractivity contribution in [2.75, 3.05) is 12.8 Å². The maximum Gasteiger partial charge on any atom is 0.221 e. The molecule has 25 heavy (non-hydrogen) atoms. The first-order chi connectivity index (χ1) is 11.9. The fourth-order valence-corrected chi connectivity index (χ4v) is 3.27. The monoisotopic (exact) mass is 360 g/mol. The molecule has 0 atom stereocenters. The van der Waals surface area contributed by atoms with E-state index < -0.39 is 10.0 Å². The quantitative estimate of drug-likeness (QED) is 0.786. The zero-order valence-corrected chi connectivity index (χ0v) is 15.4. The summed E-state index contributed by atoms with van der Waals surface area (Å²) < 4.78 is 25.3. The number of amides is 1. The second-order valence-corrected chi connectivity index (χ2v) is 8.02. The van der Waals surface area contributed by atoms with Crippen molar-refractivity contribution in [3.63, 3.8) is 0 Å². The Bertz CT molecular complexity index is 804. The van der Waals surface area contributed by atoms with Gasteiger partial charge in [0.1, 0.15) is 0 Å². The number of nitrogens with zero attached hydrogens (tertiary/aromatic N) is 1. The van der Waals surface area contributed by atoms with Crippen molar-refractivity contribution < 1.29 is 13.2 Å². The van der Waals surface area contributed by atoms with E-state index in [-0.39, 0.29) is 25.4 Å². The summed E-state index contributed by atoms with van der Waals surface area (Å²) in [6.07, 6.45) is 1.30. The first kappa shape index (κ1) is 19.1. The van der Waals surface area contributed by atoms with Crippen LogP contribution in [0, 0.1) is 6.92 Å². The van der Waals surface area contributed by atoms with Crippen LogP contribution in [0.2, 0.25) is 0 Å². The molecular formula is C19H24N2O3S. The summed E-state index contributed by atoms with van der Waals surface area (Å²) in [5, 5.41) is 2.85. The molecule has 2 aromatic rings. The second kappa shape index (κ2) is 8.78. The van der Waals surface area contributed by atoms with E-state index in [1.807, 2.05) is 61.5 Å². The molecule has 0 aliphatic heterocycles. The topological polar surface area (TPSA) is 66.5 Å². The van der Waals surface area contributed by atoms with Crippen LogP contribution in [-0.4, -0.2) is 31.4 Å². The van der Waals surface area contributed by atoms with Crippen molar-refractivity contribution in [1.82, 2.24) is 9.62 Å². The predicted molar refractivity (Wildman–Crippen MR) is 99.3 cm³/mol. The second-order valence-electron chi connectivity index (χ2n) is 6.04. The van der Waals surface area contributed by atoms with Crippen LogP contribution >= 0.6 is 0 Å². The molecule has 0 unspecified atom stereocenters. The van der Waals surface area contributed by atoms with Gasteiger partial charge in [-0.25, -0.2) is 8.42 Å². The summed E-state index contributed by atoms with van der Waals surface area (Å²) in [7, 11) is -3.38. The number of nitrogens with one attached hydrogen (secondary N) is 1. The Morgan fingerprint density at radius 2 is 1.68 bits per heavy atom. The van der Waals surface area contributed by atoms with E-state index in [2.05, 4.69) is 5.32 Å². The molecule has 0 heterocycles. The maximum atomic E-state index is 12.1. The molecule has 0 aromatic heterocycles. The highest BCUT2D eigenvalue weighted by atomic mass is 32.2. The van der Waals surface area contributed by atoms with Gasteiger partial charge in [-0.3, -0.25) is 4.79 Å². The van der Waals surface area contributed by atoms with Gasteiger partial charge in [0.15, 0.2) is 0 Å². The number of aryl methyl sites for hydroxylation is 1. The van der Waals surface area contributed by atoms with Crippen LogP contribution in [0.15, 0.2) is 54.6 Å². The standard InChI is InChI=1S/C19H24N2O3S/c1-16-8-6-7-11-18(16)14-20-19(22)12-13-21(25(2,23)24)15-17-9-4-3-5-10-17/h3-11H,12-15H2,1-2H3,(H,20,22). The molecule has 2 aromatic carbocycles. The van der Waals surface area contributed by atoms with Crippen LogP contribution in [0.25, 0.3) is 0 Å². The average Bonchev–Trinajstić information content (AvgIpc) is 2.57. The van der Waals surface area contributed by atoms with E-state index in [1.165, 1.54) is 10.6 Å². The van der Waals surface area contributed by atoms with Gasteiger partial charge in [-0.1, -0.05) is 54.6 Å². The molecule has 1 N–H and O–H groups in total. The van der Waals surface area contributed by atoms with E-state index in [0.29, 0.717) is 6.54 Å². The summed E-state index contributed by atoms with van der Waals surface area (Å²) in [4.78, 5) is 12.1. The first-order valence-electron chi connectivity index (χ1n) is 8.16. The van der Waals surface area contributed by atoms with Gasteiger partial charge in [0.25, 0.3) is 0 Å². The largest absolute Gasteiger partial charge is 0.352 e. The van der Waals surface area contributed by atoms with Gasteiger partial charge < -0.3 is 5.32 Å². The fourth-order valence-electron chi connectivity index (χ4n) is 2.47. The number of hydrogen-bond donors (Lipinski definition) is 1. The Hall–Kier alpha value is -2.18. The highest BCUT2D eigenvalue weighted by Gasteiger charge is 2.18. The summed E-state index contributed by atoms with van der Waals surface area (Å²) in [6.45, 7) is 2.87. The zero-order chi connectivity index (χ0) is 18.3. The lowest BCUT2D eigenvalue weighted by Crippen LogP contribution is -2.34. The minimum Gasteiger partial charge on any atom is -0.352 e. The van der Waals surface area contributed by atoms with Gasteiger partial charge in [-0.15, -0.1) is 0 Å². The number of carbonyl (C=O) groups excluding carboxylic acids is 1. The van der Waals surface area contributed by atoms with Crippen LogP contribution in [0.5, 0.6) is 0 Å². The van der Waals surface area contributed by atoms with Crippen molar-refractivity contribution in [1.29, 1.82) is 0 Å². The Morgan fingerprint density at radius 1 is 1.04 bits per heavy atom. The molecule has 6 heteroatoms. The molecule has 0 spiro atoms. The predicted octanol–water partition coefficient (Wildman–Crippen LogP) is 2.46. The molecule has 1 amide bonds. The Balaban J connectivity index is 1.89. The molecular weight excluding hydrogens is 336 g/mol. The lowest BCUT2D eigenvalue weighted by molar-refractivity contribution is -0.121. The third-order valence-corrected chi connectivity index (χ3v) is 5.25. The lowest BCUT2D eigenvalue weighted by Gasteiger charge is -2.20. The molecule has 0 aliphatic rings. The third-order valence-electron chi connectivity index (χ3n) is 4.00. The third kappa shape index (κ3) is 6.32. The van der Waals surface area contributed by atoms with Crippen LogP contribution in [0.3, 0.4) is 0 Å². The fraction of sp³-hybridized carbons (Fsp3) is 0.316. The van der Waals surface area contributed by atoms with Crippen LogP contribution < -0.4 is 5.32 Å². The van der Waals surface area contributed by atoms with E-state index in [4.69, 9.17) is 0 Å². The smallest absolute Gasteiger partial charge is 0.221 e. The van der Waals surface area contributed by atoms with Gasteiger partial charge in [0.2, 0.25) is 15.9 Å². The van der Waals surface area contributed by atoms with Gasteiger partial charge in [-0.05, 0) is 23.6 Å². The number of rotatable bonds is 8. The summed E-state index contributed by atoms with van der Waals surface area (Å²) in [6, 6.07) is 17.2. The van der Waals surface area contributed by atoms with Crippen LogP contribution in [0.4, 0.5) is 0 Å². The van der Waals surface area contributed by atoms with E-state index in [9.17, 15) is 13.2 Å². The van der Waals surface area contributed by atoms with Gasteiger partial charge in [0.05, 0.1) is 6.26 Å². The first-order valence-corrected chi connectivity index (χ1v) is 10.0. The molecule has 0 saturated heterocycles. The summed E-state index contributed by atoms with van der Waals surface area (Å²) >= 11 is 0. The van der Waals surface area contributed by atoms with E-state index in [1.54, 1.807) is 0 Å². The van der Waals surface area contributed by atoms with Gasteiger partial charge in [-0.2, -0.15) is 4.31 Å². The Labute approximate surface area is 149 Å². The minimum atomic E-state index is -3.38. The van der Waals surface area contributed by atoms with E-state index >= 15 is 0 Å². The molecule has 0 aliphatic carbocycles. The van der Waals surface area contributed by atoms with E-state index in [0.717, 1.165) is 16.7 Å². The van der Waals surface area contributed by atoms with Gasteiger partial charge >= 0.3 is 0 Å². The Morgan fingerprint density at radius 3 is 2.32 bits per heavy atom. The number of carbonyl (C=O) groups is 1. The number of benzene rings is 2. The average molecular weight is 360 g/mol. The molecule has 2 rings (SSSR count). The highest BCUT2D eigenvalue weighted by molar-refractivity contribution is 7.88. The molecule has 0 radical (unpaired) electrons. The zero-order valence-electron chi connectivity index (χ0n) is 14.6. The van der Waals surface area contributed by atoms with Crippen molar-refractivity contribution >= 4 is 15.9 Å². The van der Waals surface area contributed by atoms with Crippen molar-refractivity contribution in [3.05, 3.63) is 71.3 Å². The van der Waals surface area contributed by atoms with Gasteiger partial charge in [0, 0.05) is 26.1 Å². The lowest BCUT2D eigenvalue weighted by atomic mass is 10.1. The minimum absolute atomic E-state index is 0.131. The molecule has 0 bridgehead atoms. The Kier molecular flexibility index (Phi) is 6.73. The molecule has 0 saturated carbocycles. The SMILES string of the molecule is Cc1ccccc1CNC(=O)CCN(Cc1ccccc1)S(C)(=O)=O. The highest BCUT2D eigenvalue weighted by Crippen LogP contribution is 2.10. The summed E-state index contributed by atoms with van der Waals surface area (Å²) in [5.41, 5.74) is 3.07. The normalized spacial score (nSPS) is 11.5. The van der Waals surface area contributed by atoms with Crippen LogP contribution in [0.1, 0.15) is 23.1 Å². The summed E-state index contributed by atoms with van der Waals surface area (Å²) in [5.74, 6) is -0.162. The number of sulfonamides is 1. The van der Waals surface area contributed by atoms with Crippen molar-refractivity contribution in [2.45, 2.75) is 26.4 Å². The number of hydrogen-bond acceptors (Lipinski definition) is 3. The molecule has 134 valence electrons. The van der Waals surface area contributed by atoms with Crippen molar-refractivity contribution in [2.24, 2.45) is 0 Å². The maximum absolute atomic E-state index is 12.1. The van der Waals surface area contributed by atoms with Crippen molar-refractivity contribution in [3.8, 4) is 0 Å². The molecule has 0 fully saturated rings. The molecule has 5 nitrogen and oxygen atoms in total.